The van der Waals surface area contributed by atoms with Crippen LogP contribution in [0.1, 0.15) is 38.2 Å². The van der Waals surface area contributed by atoms with Crippen LogP contribution in [0.15, 0.2) is 23.2 Å². The van der Waals surface area contributed by atoms with Crippen molar-refractivity contribution in [2.24, 2.45) is 5.92 Å². The minimum absolute atomic E-state index is 0.00305. The van der Waals surface area contributed by atoms with Crippen molar-refractivity contribution in [1.82, 2.24) is 10.3 Å². The zero-order valence-corrected chi connectivity index (χ0v) is 16.7. The molecule has 0 radical (unpaired) electrons. The van der Waals surface area contributed by atoms with E-state index in [0.29, 0.717) is 41.2 Å². The smallest absolute Gasteiger partial charge is 0.230 e. The van der Waals surface area contributed by atoms with Gasteiger partial charge in [-0.15, -0.1) is 0 Å². The highest BCUT2D eigenvalue weighted by atomic mass is 32.2. The number of aromatic nitrogens is 1. The number of fused-ring (bicyclic) bond motifs is 2. The van der Waals surface area contributed by atoms with Crippen molar-refractivity contribution in [1.29, 1.82) is 5.26 Å². The number of thioether (sulfide) groups is 1. The van der Waals surface area contributed by atoms with Crippen LogP contribution in [0.5, 0.6) is 11.5 Å². The Kier molecular flexibility index (Phi) is 5.58. The fraction of sp³-hybridized carbons (Fsp3) is 0.476. The van der Waals surface area contributed by atoms with Gasteiger partial charge in [0.05, 0.1) is 16.8 Å². The number of benzene rings is 1. The third kappa shape index (κ3) is 4.02. The Labute approximate surface area is 168 Å². The molecule has 2 heterocycles. The van der Waals surface area contributed by atoms with E-state index in [0.717, 1.165) is 17.3 Å². The number of hydrogen-bond acceptors (Lipinski definition) is 6. The average Bonchev–Trinajstić information content (AvgIpc) is 2.71. The highest BCUT2D eigenvalue weighted by molar-refractivity contribution is 8.00. The Morgan fingerprint density at radius 3 is 2.75 bits per heavy atom. The maximum Gasteiger partial charge on any atom is 0.230 e. The van der Waals surface area contributed by atoms with Crippen molar-refractivity contribution in [2.45, 2.75) is 43.7 Å². The number of carbonyl (C=O) groups excluding carboxylic acids is 1. The molecule has 146 valence electrons. The summed E-state index contributed by atoms with van der Waals surface area (Å²) < 4.78 is 11.2. The van der Waals surface area contributed by atoms with Crippen LogP contribution in [-0.4, -0.2) is 35.9 Å². The molecule has 0 unspecified atom stereocenters. The first-order valence-electron chi connectivity index (χ1n) is 9.70. The Bertz CT molecular complexity index is 941. The number of hydrogen-bond donors (Lipinski definition) is 1. The molecule has 1 aromatic heterocycles. The van der Waals surface area contributed by atoms with Crippen LogP contribution in [-0.2, 0) is 4.79 Å². The molecule has 0 bridgehead atoms. The van der Waals surface area contributed by atoms with Gasteiger partial charge in [-0.05, 0) is 30.9 Å². The van der Waals surface area contributed by atoms with Gasteiger partial charge in [-0.1, -0.05) is 31.5 Å². The maximum absolute atomic E-state index is 12.4. The number of amides is 1. The molecule has 0 spiro atoms. The molecule has 1 N–H and O–H groups in total. The van der Waals surface area contributed by atoms with Crippen molar-refractivity contribution in [3.63, 3.8) is 0 Å². The fourth-order valence-electron chi connectivity index (χ4n) is 3.80. The molecule has 1 saturated carbocycles. The summed E-state index contributed by atoms with van der Waals surface area (Å²) in [6.45, 7) is 3.22. The molecule has 6 nitrogen and oxygen atoms in total. The van der Waals surface area contributed by atoms with Crippen LogP contribution in [0.2, 0.25) is 0 Å². The van der Waals surface area contributed by atoms with E-state index in [-0.39, 0.29) is 17.7 Å². The third-order valence-electron chi connectivity index (χ3n) is 5.36. The van der Waals surface area contributed by atoms with Crippen LogP contribution < -0.4 is 14.8 Å². The number of ether oxygens (including phenoxy) is 2. The van der Waals surface area contributed by atoms with E-state index in [2.05, 4.69) is 23.3 Å². The summed E-state index contributed by atoms with van der Waals surface area (Å²) in [7, 11) is 0. The molecule has 0 saturated heterocycles. The predicted octanol–water partition coefficient (Wildman–Crippen LogP) is 3.66. The molecular formula is C21H23N3O3S. The van der Waals surface area contributed by atoms with E-state index >= 15 is 0 Å². The van der Waals surface area contributed by atoms with Crippen LogP contribution in [0.3, 0.4) is 0 Å². The van der Waals surface area contributed by atoms with Crippen molar-refractivity contribution in [3.8, 4) is 17.6 Å². The molecule has 1 aliphatic heterocycles. The van der Waals surface area contributed by atoms with Gasteiger partial charge in [-0.25, -0.2) is 4.98 Å². The van der Waals surface area contributed by atoms with E-state index in [9.17, 15) is 10.1 Å². The lowest BCUT2D eigenvalue weighted by Gasteiger charge is -2.29. The SMILES string of the molecule is C[C@@H]1CCCC[C@@H]1NC(=O)CSc1nc2cc3c(cc2cc1C#N)OCCO3. The first-order valence-corrected chi connectivity index (χ1v) is 10.7. The number of nitriles is 1. The standard InChI is InChI=1S/C21H23N3O3S/c1-13-4-2-3-5-16(13)23-20(25)12-28-21-15(11-22)8-14-9-18-19(10-17(14)24-21)27-7-6-26-18/h8-10,13,16H,2-7,12H2,1H3,(H,23,25)/t13-,16+/m1/s1. The second-order valence-corrected chi connectivity index (χ2v) is 8.33. The van der Waals surface area contributed by atoms with Gasteiger partial charge in [0.15, 0.2) is 11.5 Å². The first kappa shape index (κ1) is 18.9. The summed E-state index contributed by atoms with van der Waals surface area (Å²) in [4.78, 5) is 17.0. The minimum atomic E-state index is -0.00305. The van der Waals surface area contributed by atoms with Gasteiger partial charge >= 0.3 is 0 Å². The van der Waals surface area contributed by atoms with E-state index in [1.54, 1.807) is 6.07 Å². The first-order chi connectivity index (χ1) is 13.6. The number of rotatable bonds is 4. The minimum Gasteiger partial charge on any atom is -0.486 e. The zero-order chi connectivity index (χ0) is 19.5. The lowest BCUT2D eigenvalue weighted by Crippen LogP contribution is -2.41. The van der Waals surface area contributed by atoms with Gasteiger partial charge in [0.2, 0.25) is 5.91 Å². The van der Waals surface area contributed by atoms with Gasteiger partial charge in [-0.3, -0.25) is 4.79 Å². The van der Waals surface area contributed by atoms with Crippen molar-refractivity contribution < 1.29 is 14.3 Å². The van der Waals surface area contributed by atoms with E-state index in [4.69, 9.17) is 9.47 Å². The summed E-state index contributed by atoms with van der Waals surface area (Å²) in [6.07, 6.45) is 4.62. The molecular weight excluding hydrogens is 374 g/mol. The summed E-state index contributed by atoms with van der Waals surface area (Å²) in [5.74, 6) is 2.10. The third-order valence-corrected chi connectivity index (χ3v) is 6.35. The maximum atomic E-state index is 12.4. The van der Waals surface area contributed by atoms with Crippen LogP contribution in [0.25, 0.3) is 10.9 Å². The fourth-order valence-corrected chi connectivity index (χ4v) is 4.57. The lowest BCUT2D eigenvalue weighted by molar-refractivity contribution is -0.119. The van der Waals surface area contributed by atoms with Crippen LogP contribution >= 0.6 is 11.8 Å². The number of pyridine rings is 1. The largest absolute Gasteiger partial charge is 0.486 e. The summed E-state index contributed by atoms with van der Waals surface area (Å²) in [6, 6.07) is 7.93. The Morgan fingerprint density at radius 1 is 1.25 bits per heavy atom. The molecule has 7 heteroatoms. The van der Waals surface area contributed by atoms with E-state index in [1.165, 1.54) is 31.0 Å². The molecule has 2 aromatic rings. The van der Waals surface area contributed by atoms with Crippen LogP contribution in [0, 0.1) is 17.2 Å². The van der Waals surface area contributed by atoms with Gasteiger partial charge in [0, 0.05) is 17.5 Å². The van der Waals surface area contributed by atoms with Crippen molar-refractivity contribution >= 4 is 28.6 Å². The summed E-state index contributed by atoms with van der Waals surface area (Å²) in [5.41, 5.74) is 1.19. The van der Waals surface area contributed by atoms with Crippen LogP contribution in [0.4, 0.5) is 0 Å². The topological polar surface area (TPSA) is 84.2 Å². The average molecular weight is 398 g/mol. The van der Waals surface area contributed by atoms with E-state index < -0.39 is 0 Å². The Hall–Kier alpha value is -2.46. The van der Waals surface area contributed by atoms with Crippen molar-refractivity contribution in [3.05, 3.63) is 23.8 Å². The molecule has 1 aromatic carbocycles. The molecule has 1 aliphatic carbocycles. The summed E-state index contributed by atoms with van der Waals surface area (Å²) >= 11 is 1.30. The number of nitrogens with zero attached hydrogens (tertiary/aromatic N) is 2. The number of nitrogens with one attached hydrogen (secondary N) is 1. The van der Waals surface area contributed by atoms with Gasteiger partial charge < -0.3 is 14.8 Å². The van der Waals surface area contributed by atoms with Gasteiger partial charge in [0.1, 0.15) is 24.3 Å². The van der Waals surface area contributed by atoms with E-state index in [1.807, 2.05) is 12.1 Å². The highest BCUT2D eigenvalue weighted by Gasteiger charge is 2.23. The molecule has 1 amide bonds. The quantitative estimate of drug-likeness (QED) is 0.793. The normalized spacial score (nSPS) is 21.1. The second kappa shape index (κ2) is 8.27. The Morgan fingerprint density at radius 2 is 2.00 bits per heavy atom. The molecule has 2 atom stereocenters. The second-order valence-electron chi connectivity index (χ2n) is 7.37. The Balaban J connectivity index is 1.49. The zero-order valence-electron chi connectivity index (χ0n) is 15.9. The summed E-state index contributed by atoms with van der Waals surface area (Å²) in [5, 5.41) is 14.1. The lowest BCUT2D eigenvalue weighted by atomic mass is 9.86. The molecule has 2 aliphatic rings. The van der Waals surface area contributed by atoms with Crippen molar-refractivity contribution in [2.75, 3.05) is 19.0 Å². The molecule has 28 heavy (non-hydrogen) atoms. The predicted molar refractivity (Wildman–Crippen MR) is 108 cm³/mol. The highest BCUT2D eigenvalue weighted by Crippen LogP contribution is 2.35. The van der Waals surface area contributed by atoms with Gasteiger partial charge in [-0.2, -0.15) is 5.26 Å². The molecule has 4 rings (SSSR count). The molecule has 1 fully saturated rings. The monoisotopic (exact) mass is 397 g/mol. The van der Waals surface area contributed by atoms with Gasteiger partial charge in [0.25, 0.3) is 0 Å². The number of carbonyl (C=O) groups is 1.